The average Bonchev–Trinajstić information content (AvgIpc) is 3.05. The van der Waals surface area contributed by atoms with Gasteiger partial charge in [0.1, 0.15) is 5.58 Å². The molecule has 3 aromatic rings. The Kier molecular flexibility index (Phi) is 2.79. The third kappa shape index (κ3) is 2.10. The molecule has 0 atom stereocenters. The lowest BCUT2D eigenvalue weighted by Crippen LogP contribution is -2.04. The molecule has 0 saturated heterocycles. The summed E-state index contributed by atoms with van der Waals surface area (Å²) in [7, 11) is 0. The van der Waals surface area contributed by atoms with Crippen LogP contribution in [0.2, 0.25) is 0 Å². The second-order valence-electron chi connectivity index (χ2n) is 3.95. The number of esters is 1. The molecule has 0 aliphatic rings. The van der Waals surface area contributed by atoms with Crippen molar-refractivity contribution in [1.82, 2.24) is 5.16 Å². The molecule has 1 aromatic carbocycles. The first-order valence-electron chi connectivity index (χ1n) is 5.90. The van der Waals surface area contributed by atoms with Crippen molar-refractivity contribution < 1.29 is 18.5 Å². The Morgan fingerprint density at radius 3 is 2.89 bits per heavy atom. The number of benzene rings is 1. The summed E-state index contributed by atoms with van der Waals surface area (Å²) in [5, 5.41) is 4.64. The van der Waals surface area contributed by atoms with Crippen LogP contribution in [0.5, 0.6) is 0 Å². The van der Waals surface area contributed by atoms with Crippen molar-refractivity contribution in [2.75, 3.05) is 6.61 Å². The van der Waals surface area contributed by atoms with E-state index in [2.05, 4.69) is 5.16 Å². The minimum absolute atomic E-state index is 0.136. The van der Waals surface area contributed by atoms with Crippen LogP contribution in [0.1, 0.15) is 17.4 Å². The highest BCUT2D eigenvalue weighted by atomic mass is 16.5. The Bertz CT molecular complexity index is 693. The van der Waals surface area contributed by atoms with Crippen molar-refractivity contribution in [2.45, 2.75) is 6.92 Å². The first kappa shape index (κ1) is 11.5. The van der Waals surface area contributed by atoms with E-state index in [1.54, 1.807) is 6.92 Å². The van der Waals surface area contributed by atoms with E-state index in [4.69, 9.17) is 13.7 Å². The number of furan rings is 1. The molecule has 0 aliphatic heterocycles. The number of rotatable bonds is 3. The van der Waals surface area contributed by atoms with E-state index in [1.165, 1.54) is 6.07 Å². The highest BCUT2D eigenvalue weighted by Crippen LogP contribution is 2.28. The van der Waals surface area contributed by atoms with Crippen LogP contribution >= 0.6 is 0 Å². The number of ether oxygens (including phenoxy) is 1. The standard InChI is InChI=1S/C14H11NO4/c1-2-17-14(16)10-8-13(19-15-10)12-7-9-5-3-4-6-11(9)18-12/h3-8H,2H2,1H3. The Labute approximate surface area is 108 Å². The van der Waals surface area contributed by atoms with Gasteiger partial charge in [-0.15, -0.1) is 0 Å². The van der Waals surface area contributed by atoms with Gasteiger partial charge < -0.3 is 13.7 Å². The third-order valence-electron chi connectivity index (χ3n) is 2.66. The van der Waals surface area contributed by atoms with Crippen molar-refractivity contribution >= 4 is 16.9 Å². The maximum Gasteiger partial charge on any atom is 0.360 e. The minimum atomic E-state index is -0.506. The number of hydrogen-bond acceptors (Lipinski definition) is 5. The number of hydrogen-bond donors (Lipinski definition) is 0. The zero-order valence-corrected chi connectivity index (χ0v) is 10.3. The van der Waals surface area contributed by atoms with Crippen LogP contribution in [0.15, 0.2) is 45.3 Å². The summed E-state index contributed by atoms with van der Waals surface area (Å²) < 4.78 is 15.6. The number of aromatic nitrogens is 1. The molecule has 0 fully saturated rings. The van der Waals surface area contributed by atoms with E-state index in [0.717, 1.165) is 11.0 Å². The summed E-state index contributed by atoms with van der Waals surface area (Å²) in [5.74, 6) is 0.428. The van der Waals surface area contributed by atoms with Gasteiger partial charge in [-0.3, -0.25) is 0 Å². The summed E-state index contributed by atoms with van der Waals surface area (Å²) in [4.78, 5) is 11.5. The Hall–Kier alpha value is -2.56. The molecule has 0 unspecified atom stereocenters. The van der Waals surface area contributed by atoms with Crippen molar-refractivity contribution in [3.05, 3.63) is 42.1 Å². The molecule has 0 spiro atoms. The number of fused-ring (bicyclic) bond motifs is 1. The third-order valence-corrected chi connectivity index (χ3v) is 2.66. The normalized spacial score (nSPS) is 10.8. The number of carbonyl (C=O) groups is 1. The largest absolute Gasteiger partial charge is 0.461 e. The Morgan fingerprint density at radius 1 is 1.26 bits per heavy atom. The van der Waals surface area contributed by atoms with Crippen LogP contribution in [-0.2, 0) is 4.74 Å². The molecule has 2 aromatic heterocycles. The first-order valence-corrected chi connectivity index (χ1v) is 5.90. The Balaban J connectivity index is 1.96. The fourth-order valence-corrected chi connectivity index (χ4v) is 1.80. The zero-order valence-electron chi connectivity index (χ0n) is 10.3. The summed E-state index contributed by atoms with van der Waals surface area (Å²) in [6.45, 7) is 2.03. The molecular formula is C14H11NO4. The van der Waals surface area contributed by atoms with E-state index < -0.39 is 5.97 Å². The molecule has 0 saturated carbocycles. The van der Waals surface area contributed by atoms with Gasteiger partial charge in [0.15, 0.2) is 11.5 Å². The van der Waals surface area contributed by atoms with Gasteiger partial charge in [0.05, 0.1) is 6.61 Å². The van der Waals surface area contributed by atoms with Gasteiger partial charge in [0.2, 0.25) is 5.76 Å². The molecule has 96 valence electrons. The van der Waals surface area contributed by atoms with Crippen molar-refractivity contribution in [3.8, 4) is 11.5 Å². The van der Waals surface area contributed by atoms with Crippen LogP contribution in [0, 0.1) is 0 Å². The first-order chi connectivity index (χ1) is 9.28. The van der Waals surface area contributed by atoms with Gasteiger partial charge in [-0.25, -0.2) is 4.79 Å². The highest BCUT2D eigenvalue weighted by molar-refractivity contribution is 5.88. The topological polar surface area (TPSA) is 65.5 Å². The molecule has 0 radical (unpaired) electrons. The van der Waals surface area contributed by atoms with Gasteiger partial charge in [0, 0.05) is 11.5 Å². The van der Waals surface area contributed by atoms with E-state index >= 15 is 0 Å². The highest BCUT2D eigenvalue weighted by Gasteiger charge is 2.16. The molecule has 2 heterocycles. The van der Waals surface area contributed by atoms with Gasteiger partial charge in [-0.05, 0) is 19.1 Å². The fourth-order valence-electron chi connectivity index (χ4n) is 1.80. The summed E-state index contributed by atoms with van der Waals surface area (Å²) in [6.07, 6.45) is 0. The lowest BCUT2D eigenvalue weighted by Gasteiger charge is -1.94. The predicted octanol–water partition coefficient (Wildman–Crippen LogP) is 3.26. The maximum absolute atomic E-state index is 11.5. The number of para-hydroxylation sites is 1. The molecule has 19 heavy (non-hydrogen) atoms. The predicted molar refractivity (Wildman–Crippen MR) is 67.7 cm³/mol. The molecule has 5 heteroatoms. The monoisotopic (exact) mass is 257 g/mol. The van der Waals surface area contributed by atoms with Crippen LogP contribution in [0.3, 0.4) is 0 Å². The van der Waals surface area contributed by atoms with Crippen LogP contribution in [0.4, 0.5) is 0 Å². The molecule has 0 N–H and O–H groups in total. The number of nitrogens with zero attached hydrogens (tertiary/aromatic N) is 1. The maximum atomic E-state index is 11.5. The van der Waals surface area contributed by atoms with Crippen molar-refractivity contribution in [1.29, 1.82) is 0 Å². The van der Waals surface area contributed by atoms with E-state index in [9.17, 15) is 4.79 Å². The smallest absolute Gasteiger partial charge is 0.360 e. The van der Waals surface area contributed by atoms with E-state index in [0.29, 0.717) is 18.1 Å². The van der Waals surface area contributed by atoms with Crippen LogP contribution < -0.4 is 0 Å². The van der Waals surface area contributed by atoms with E-state index in [-0.39, 0.29) is 5.69 Å². The zero-order chi connectivity index (χ0) is 13.2. The number of carbonyl (C=O) groups excluding carboxylic acids is 1. The Morgan fingerprint density at radius 2 is 2.11 bits per heavy atom. The molecule has 3 rings (SSSR count). The van der Waals surface area contributed by atoms with Crippen LogP contribution in [0.25, 0.3) is 22.5 Å². The molecule has 0 aliphatic carbocycles. The fraction of sp³-hybridized carbons (Fsp3) is 0.143. The van der Waals surface area contributed by atoms with Crippen molar-refractivity contribution in [3.63, 3.8) is 0 Å². The minimum Gasteiger partial charge on any atom is -0.461 e. The summed E-state index contributed by atoms with van der Waals surface area (Å²) in [6, 6.07) is 11.0. The van der Waals surface area contributed by atoms with E-state index in [1.807, 2.05) is 30.3 Å². The SMILES string of the molecule is CCOC(=O)c1cc(-c2cc3ccccc3o2)on1. The lowest BCUT2D eigenvalue weighted by molar-refractivity contribution is 0.0514. The second kappa shape index (κ2) is 4.61. The van der Waals surface area contributed by atoms with Gasteiger partial charge in [-0.1, -0.05) is 23.4 Å². The van der Waals surface area contributed by atoms with Gasteiger partial charge >= 0.3 is 5.97 Å². The second-order valence-corrected chi connectivity index (χ2v) is 3.95. The lowest BCUT2D eigenvalue weighted by atomic mass is 10.2. The summed E-state index contributed by atoms with van der Waals surface area (Å²) in [5.41, 5.74) is 0.892. The quantitative estimate of drug-likeness (QED) is 0.674. The average molecular weight is 257 g/mol. The molecule has 0 amide bonds. The molecular weight excluding hydrogens is 246 g/mol. The van der Waals surface area contributed by atoms with Gasteiger partial charge in [0.25, 0.3) is 0 Å². The molecule has 5 nitrogen and oxygen atoms in total. The summed E-state index contributed by atoms with van der Waals surface area (Å²) >= 11 is 0. The molecule has 0 bridgehead atoms. The van der Waals surface area contributed by atoms with Gasteiger partial charge in [-0.2, -0.15) is 0 Å². The van der Waals surface area contributed by atoms with Crippen molar-refractivity contribution in [2.24, 2.45) is 0 Å². The van der Waals surface area contributed by atoms with Crippen LogP contribution in [-0.4, -0.2) is 17.7 Å².